The predicted molar refractivity (Wildman–Crippen MR) is 217 cm³/mol. The van der Waals surface area contributed by atoms with Crippen molar-refractivity contribution in [3.63, 3.8) is 0 Å². The first-order valence-electron chi connectivity index (χ1n) is 20.0. The van der Waals surface area contributed by atoms with Crippen LogP contribution < -0.4 is 0 Å². The average molecular weight is 763 g/mol. The van der Waals surface area contributed by atoms with Gasteiger partial charge in [-0.25, -0.2) is 4.57 Å². The molecule has 2 atom stereocenters. The number of carbonyl (C=O) groups excluding carboxylic acids is 2. The molecule has 0 spiro atoms. The number of phosphoric acid groups is 1. The van der Waals surface area contributed by atoms with E-state index in [9.17, 15) is 19.3 Å². The lowest BCUT2D eigenvalue weighted by atomic mass is 10.1. The SMILES string of the molecule is CCCCC/C=C\C/C=C\C/C=C\C=C\[C@@H](O)CCCC(=O)OC[C@H](COP(=O)(O)O)OC(=O)CCC/C=C\C/C=C\C/C=C\CCCCCCCC. The molecule has 9 nitrogen and oxygen atoms in total. The zero-order valence-corrected chi connectivity index (χ0v) is 33.6. The summed E-state index contributed by atoms with van der Waals surface area (Å²) in [5, 5.41) is 10.2. The number of hydrogen-bond acceptors (Lipinski definition) is 7. The number of allylic oxidation sites excluding steroid dienone is 13. The van der Waals surface area contributed by atoms with Crippen LogP contribution in [0, 0.1) is 0 Å². The zero-order chi connectivity index (χ0) is 39.1. The molecule has 0 aliphatic heterocycles. The summed E-state index contributed by atoms with van der Waals surface area (Å²) in [4.78, 5) is 42.8. The quantitative estimate of drug-likeness (QED) is 0.0189. The first-order valence-corrected chi connectivity index (χ1v) is 21.5. The highest BCUT2D eigenvalue weighted by atomic mass is 31.2. The number of phosphoric ester groups is 1. The number of unbranched alkanes of at least 4 members (excludes halogenated alkanes) is 10. The molecule has 0 fully saturated rings. The van der Waals surface area contributed by atoms with Crippen LogP contribution in [0.5, 0.6) is 0 Å². The van der Waals surface area contributed by atoms with E-state index < -0.39 is 45.2 Å². The van der Waals surface area contributed by atoms with Crippen LogP contribution in [-0.4, -0.2) is 52.3 Å². The highest BCUT2D eigenvalue weighted by Crippen LogP contribution is 2.36. The van der Waals surface area contributed by atoms with Gasteiger partial charge in [-0.2, -0.15) is 0 Å². The van der Waals surface area contributed by atoms with Gasteiger partial charge in [0, 0.05) is 12.8 Å². The lowest BCUT2D eigenvalue weighted by Crippen LogP contribution is -2.29. The van der Waals surface area contributed by atoms with E-state index in [-0.39, 0.29) is 12.8 Å². The van der Waals surface area contributed by atoms with Crippen molar-refractivity contribution in [2.45, 2.75) is 161 Å². The van der Waals surface area contributed by atoms with E-state index in [0.29, 0.717) is 25.7 Å². The first-order chi connectivity index (χ1) is 25.7. The summed E-state index contributed by atoms with van der Waals surface area (Å²) in [6, 6.07) is 0. The van der Waals surface area contributed by atoms with Crippen LogP contribution in [0.1, 0.15) is 149 Å². The maximum absolute atomic E-state index is 12.4. The van der Waals surface area contributed by atoms with Gasteiger partial charge in [0.05, 0.1) is 12.7 Å². The fourth-order valence-corrected chi connectivity index (χ4v) is 5.32. The number of carbonyl (C=O) groups is 2. The average Bonchev–Trinajstić information content (AvgIpc) is 3.12. The summed E-state index contributed by atoms with van der Waals surface area (Å²) in [6.45, 7) is 3.42. The van der Waals surface area contributed by atoms with E-state index in [0.717, 1.165) is 38.5 Å². The third kappa shape index (κ3) is 40.2. The van der Waals surface area contributed by atoms with Crippen LogP contribution in [-0.2, 0) is 28.2 Å². The molecule has 0 aliphatic carbocycles. The van der Waals surface area contributed by atoms with Gasteiger partial charge in [0.2, 0.25) is 0 Å². The molecule has 0 saturated heterocycles. The lowest BCUT2D eigenvalue weighted by Gasteiger charge is -2.18. The summed E-state index contributed by atoms with van der Waals surface area (Å²) in [5.41, 5.74) is 0. The Morgan fingerprint density at radius 3 is 1.68 bits per heavy atom. The molecule has 0 aromatic rings. The Morgan fingerprint density at radius 2 is 1.08 bits per heavy atom. The summed E-state index contributed by atoms with van der Waals surface area (Å²) >= 11 is 0. The molecule has 0 aromatic carbocycles. The van der Waals surface area contributed by atoms with E-state index in [1.165, 1.54) is 57.8 Å². The second kappa shape index (κ2) is 37.5. The van der Waals surface area contributed by atoms with Crippen molar-refractivity contribution >= 4 is 19.8 Å². The highest BCUT2D eigenvalue weighted by molar-refractivity contribution is 7.46. The van der Waals surface area contributed by atoms with Crippen LogP contribution in [0.25, 0.3) is 0 Å². The van der Waals surface area contributed by atoms with Gasteiger partial charge in [0.15, 0.2) is 6.10 Å². The van der Waals surface area contributed by atoms with Gasteiger partial charge in [-0.15, -0.1) is 0 Å². The molecule has 0 aromatic heterocycles. The minimum atomic E-state index is -4.82. The molecule has 0 rings (SSSR count). The van der Waals surface area contributed by atoms with Gasteiger partial charge < -0.3 is 24.4 Å². The molecule has 0 radical (unpaired) electrons. The van der Waals surface area contributed by atoms with E-state index in [1.54, 1.807) is 12.2 Å². The molecule has 53 heavy (non-hydrogen) atoms. The van der Waals surface area contributed by atoms with Gasteiger partial charge in [0.1, 0.15) is 6.61 Å². The van der Waals surface area contributed by atoms with Crippen LogP contribution in [0.4, 0.5) is 0 Å². The Bertz CT molecular complexity index is 1150. The lowest BCUT2D eigenvalue weighted by molar-refractivity contribution is -0.161. The molecular formula is C43H71O9P. The second-order valence-electron chi connectivity index (χ2n) is 13.1. The zero-order valence-electron chi connectivity index (χ0n) is 32.7. The van der Waals surface area contributed by atoms with Crippen LogP contribution in [0.2, 0.25) is 0 Å². The second-order valence-corrected chi connectivity index (χ2v) is 14.3. The van der Waals surface area contributed by atoms with Crippen molar-refractivity contribution in [2.75, 3.05) is 13.2 Å². The Hall–Kier alpha value is -2.81. The van der Waals surface area contributed by atoms with Crippen molar-refractivity contribution in [1.29, 1.82) is 0 Å². The highest BCUT2D eigenvalue weighted by Gasteiger charge is 2.23. The topological polar surface area (TPSA) is 140 Å². The fourth-order valence-electron chi connectivity index (χ4n) is 4.96. The normalized spacial score (nSPS) is 14.0. The number of rotatable bonds is 35. The van der Waals surface area contributed by atoms with E-state index >= 15 is 0 Å². The van der Waals surface area contributed by atoms with Crippen LogP contribution in [0.3, 0.4) is 0 Å². The molecule has 0 heterocycles. The maximum atomic E-state index is 12.4. The monoisotopic (exact) mass is 762 g/mol. The molecule has 3 N–H and O–H groups in total. The number of aliphatic hydroxyl groups excluding tert-OH is 1. The number of hydrogen-bond donors (Lipinski definition) is 3. The van der Waals surface area contributed by atoms with Crippen molar-refractivity contribution in [3.8, 4) is 0 Å². The molecule has 0 saturated carbocycles. The van der Waals surface area contributed by atoms with E-state index in [2.05, 4.69) is 67.0 Å². The van der Waals surface area contributed by atoms with Gasteiger partial charge >= 0.3 is 19.8 Å². The van der Waals surface area contributed by atoms with Crippen molar-refractivity contribution in [1.82, 2.24) is 0 Å². The smallest absolute Gasteiger partial charge is 0.462 e. The molecular weight excluding hydrogens is 691 g/mol. The molecule has 0 bridgehead atoms. The van der Waals surface area contributed by atoms with Gasteiger partial charge in [-0.05, 0) is 77.0 Å². The largest absolute Gasteiger partial charge is 0.469 e. The van der Waals surface area contributed by atoms with Crippen LogP contribution >= 0.6 is 7.82 Å². The molecule has 0 aliphatic rings. The number of ether oxygens (including phenoxy) is 2. The number of aliphatic hydroxyl groups is 1. The molecule has 0 unspecified atom stereocenters. The fraction of sp³-hybridized carbons (Fsp3) is 0.628. The Balaban J connectivity index is 4.25. The third-order valence-electron chi connectivity index (χ3n) is 7.99. The Labute approximate surface area is 321 Å². The minimum Gasteiger partial charge on any atom is -0.462 e. The first kappa shape index (κ1) is 50.2. The summed E-state index contributed by atoms with van der Waals surface area (Å²) in [5.74, 6) is -1.16. The van der Waals surface area contributed by atoms with Crippen molar-refractivity contribution < 1.29 is 43.0 Å². The Morgan fingerprint density at radius 1 is 0.585 bits per heavy atom. The minimum absolute atomic E-state index is 0.0239. The van der Waals surface area contributed by atoms with Gasteiger partial charge in [-0.3, -0.25) is 14.1 Å². The molecule has 0 amide bonds. The van der Waals surface area contributed by atoms with Gasteiger partial charge in [-0.1, -0.05) is 144 Å². The predicted octanol–water partition coefficient (Wildman–Crippen LogP) is 11.0. The standard InChI is InChI=1S/C43H71O9P/c1-3-5-7-9-11-13-15-17-18-19-20-22-24-26-28-30-32-36-43(46)52-41(39-51-53(47,48)49)38-50-42(45)37-33-35-40(44)34-31-29-27-25-23-21-16-14-12-10-8-6-4-2/h12,14,17-18,20-23,26-29,31,34,40-41,44H,3-11,13,15-16,19,24-25,30,32-33,35-39H2,1-2H3,(H2,47,48,49)/b14-12-,18-17-,22-20-,23-21-,28-26-,29-27-,34-31+/t40-,41-/m1/s1. The van der Waals surface area contributed by atoms with E-state index in [1.807, 2.05) is 24.3 Å². The van der Waals surface area contributed by atoms with E-state index in [4.69, 9.17) is 19.3 Å². The third-order valence-corrected chi connectivity index (χ3v) is 8.48. The summed E-state index contributed by atoms with van der Waals surface area (Å²) in [7, 11) is -4.82. The van der Waals surface area contributed by atoms with Gasteiger partial charge in [0.25, 0.3) is 0 Å². The summed E-state index contributed by atoms with van der Waals surface area (Å²) < 4.78 is 26.2. The summed E-state index contributed by atoms with van der Waals surface area (Å²) in [6.07, 6.45) is 46.3. The molecule has 10 heteroatoms. The van der Waals surface area contributed by atoms with Crippen LogP contribution in [0.15, 0.2) is 85.1 Å². The van der Waals surface area contributed by atoms with Crippen molar-refractivity contribution in [3.05, 3.63) is 85.1 Å². The Kier molecular flexibility index (Phi) is 35.5. The number of esters is 2. The van der Waals surface area contributed by atoms with Crippen molar-refractivity contribution in [2.24, 2.45) is 0 Å². The molecule has 302 valence electrons. The maximum Gasteiger partial charge on any atom is 0.469 e.